The van der Waals surface area contributed by atoms with Crippen molar-refractivity contribution in [3.63, 3.8) is 0 Å². The summed E-state index contributed by atoms with van der Waals surface area (Å²) < 4.78 is 32.5. The molecule has 1 atom stereocenters. The minimum atomic E-state index is -3.85. The van der Waals surface area contributed by atoms with Gasteiger partial charge in [0.05, 0.1) is 11.9 Å². The number of nitrogens with one attached hydrogen (secondary N) is 1. The number of halogens is 1. The number of hydrogen-bond donors (Lipinski definition) is 1. The number of benzene rings is 3. The fourth-order valence-corrected chi connectivity index (χ4v) is 4.98. The Hall–Kier alpha value is -3.56. The average Bonchev–Trinajstić information content (AvgIpc) is 2.89. The lowest BCUT2D eigenvalue weighted by Crippen LogP contribution is -2.54. The van der Waals surface area contributed by atoms with Crippen LogP contribution in [0.2, 0.25) is 5.02 Å². The molecular weight excluding hydrogens is 550 g/mol. The molecule has 0 bridgehead atoms. The summed E-state index contributed by atoms with van der Waals surface area (Å²) in [6.45, 7) is 7.03. The molecule has 0 unspecified atom stereocenters. The van der Waals surface area contributed by atoms with E-state index in [-0.39, 0.29) is 12.5 Å². The molecule has 2 amide bonds. The van der Waals surface area contributed by atoms with Crippen LogP contribution in [0.3, 0.4) is 0 Å². The topological polar surface area (TPSA) is 96.0 Å². The highest BCUT2D eigenvalue weighted by atomic mass is 35.5. The second kappa shape index (κ2) is 13.2. The largest absolute Gasteiger partial charge is 0.489 e. The number of ether oxygens (including phenoxy) is 1. The molecule has 0 aliphatic rings. The molecule has 214 valence electrons. The summed E-state index contributed by atoms with van der Waals surface area (Å²) in [5.74, 6) is -0.356. The zero-order valence-corrected chi connectivity index (χ0v) is 25.0. The Morgan fingerprint density at radius 2 is 1.55 bits per heavy atom. The fourth-order valence-electron chi connectivity index (χ4n) is 3.93. The van der Waals surface area contributed by atoms with Gasteiger partial charge in [0, 0.05) is 17.1 Å². The Bertz CT molecular complexity index is 1410. The van der Waals surface area contributed by atoms with Crippen LogP contribution in [-0.2, 0) is 32.8 Å². The Kier molecular flexibility index (Phi) is 10.2. The highest BCUT2D eigenvalue weighted by Gasteiger charge is 2.31. The lowest BCUT2D eigenvalue weighted by atomic mass is 10.1. The minimum absolute atomic E-state index is 0.0289. The lowest BCUT2D eigenvalue weighted by molar-refractivity contribution is -0.140. The lowest BCUT2D eigenvalue weighted by Gasteiger charge is -2.33. The first-order chi connectivity index (χ1) is 18.7. The molecule has 0 radical (unpaired) electrons. The second-order valence-corrected chi connectivity index (χ2v) is 12.9. The third-order valence-corrected chi connectivity index (χ3v) is 7.53. The van der Waals surface area contributed by atoms with Gasteiger partial charge in [-0.1, -0.05) is 60.1 Å². The summed E-state index contributed by atoms with van der Waals surface area (Å²) in [7, 11) is -3.85. The molecule has 0 heterocycles. The predicted octanol–water partition coefficient (Wildman–Crippen LogP) is 5.02. The van der Waals surface area contributed by atoms with Crippen LogP contribution in [0, 0.1) is 0 Å². The van der Waals surface area contributed by atoms with Gasteiger partial charge in [0.1, 0.15) is 24.9 Å². The molecule has 0 saturated heterocycles. The quantitative estimate of drug-likeness (QED) is 0.341. The first kappa shape index (κ1) is 31.0. The van der Waals surface area contributed by atoms with Crippen LogP contribution in [0.5, 0.6) is 5.75 Å². The highest BCUT2D eigenvalue weighted by molar-refractivity contribution is 7.92. The van der Waals surface area contributed by atoms with E-state index < -0.39 is 34.1 Å². The summed E-state index contributed by atoms with van der Waals surface area (Å²) in [5, 5.41) is 3.33. The van der Waals surface area contributed by atoms with E-state index in [0.29, 0.717) is 28.6 Å². The van der Waals surface area contributed by atoms with Gasteiger partial charge in [-0.25, -0.2) is 8.42 Å². The number of carbonyl (C=O) groups excluding carboxylic acids is 2. The zero-order valence-electron chi connectivity index (χ0n) is 23.4. The summed E-state index contributed by atoms with van der Waals surface area (Å²) in [6, 6.07) is 22.3. The van der Waals surface area contributed by atoms with Crippen LogP contribution >= 0.6 is 11.6 Å². The van der Waals surface area contributed by atoms with E-state index in [1.54, 1.807) is 55.5 Å². The van der Waals surface area contributed by atoms with Gasteiger partial charge >= 0.3 is 0 Å². The van der Waals surface area contributed by atoms with Gasteiger partial charge < -0.3 is 15.0 Å². The molecule has 0 fully saturated rings. The first-order valence-corrected chi connectivity index (χ1v) is 15.1. The number of rotatable bonds is 11. The molecule has 0 aliphatic carbocycles. The normalized spacial score (nSPS) is 12.3. The van der Waals surface area contributed by atoms with Crippen molar-refractivity contribution in [2.24, 2.45) is 0 Å². The number of anilines is 1. The molecule has 1 N–H and O–H groups in total. The Labute approximate surface area is 241 Å². The van der Waals surface area contributed by atoms with Crippen molar-refractivity contribution in [1.82, 2.24) is 10.2 Å². The molecule has 3 rings (SSSR count). The van der Waals surface area contributed by atoms with Crippen LogP contribution in [-0.4, -0.2) is 49.5 Å². The van der Waals surface area contributed by atoms with Crippen molar-refractivity contribution in [2.75, 3.05) is 17.1 Å². The maximum Gasteiger partial charge on any atom is 0.244 e. The van der Waals surface area contributed by atoms with Crippen molar-refractivity contribution < 1.29 is 22.7 Å². The van der Waals surface area contributed by atoms with Crippen molar-refractivity contribution in [3.05, 3.63) is 95.0 Å². The molecule has 3 aromatic rings. The Morgan fingerprint density at radius 3 is 2.12 bits per heavy atom. The number of carbonyl (C=O) groups is 2. The molecule has 8 nitrogen and oxygen atoms in total. The van der Waals surface area contributed by atoms with Gasteiger partial charge in [0.25, 0.3) is 0 Å². The van der Waals surface area contributed by atoms with E-state index in [1.165, 1.54) is 4.90 Å². The first-order valence-electron chi connectivity index (χ1n) is 12.8. The van der Waals surface area contributed by atoms with E-state index in [1.807, 2.05) is 51.1 Å². The van der Waals surface area contributed by atoms with Gasteiger partial charge in [-0.2, -0.15) is 0 Å². The van der Waals surface area contributed by atoms with Crippen molar-refractivity contribution in [1.29, 1.82) is 0 Å². The zero-order chi connectivity index (χ0) is 29.5. The molecule has 0 spiro atoms. The number of amides is 2. The highest BCUT2D eigenvalue weighted by Crippen LogP contribution is 2.24. The van der Waals surface area contributed by atoms with Crippen molar-refractivity contribution in [3.8, 4) is 5.75 Å². The van der Waals surface area contributed by atoms with Gasteiger partial charge in [0.2, 0.25) is 21.8 Å². The monoisotopic (exact) mass is 585 g/mol. The second-order valence-electron chi connectivity index (χ2n) is 10.6. The van der Waals surface area contributed by atoms with Crippen molar-refractivity contribution in [2.45, 2.75) is 52.4 Å². The fraction of sp³-hybridized carbons (Fsp3) is 0.333. The number of nitrogens with zero attached hydrogens (tertiary/aromatic N) is 2. The van der Waals surface area contributed by atoms with Crippen LogP contribution in [0.25, 0.3) is 0 Å². The van der Waals surface area contributed by atoms with Gasteiger partial charge in [-0.3, -0.25) is 13.9 Å². The van der Waals surface area contributed by atoms with Gasteiger partial charge in [0.15, 0.2) is 0 Å². The summed E-state index contributed by atoms with van der Waals surface area (Å²) in [4.78, 5) is 28.1. The van der Waals surface area contributed by atoms with Crippen LogP contribution < -0.4 is 14.4 Å². The maximum absolute atomic E-state index is 13.7. The third kappa shape index (κ3) is 8.99. The van der Waals surface area contributed by atoms with E-state index in [9.17, 15) is 18.0 Å². The molecule has 0 aromatic heterocycles. The summed E-state index contributed by atoms with van der Waals surface area (Å²) in [6.07, 6.45) is 1.04. The molecule has 3 aromatic carbocycles. The average molecular weight is 586 g/mol. The summed E-state index contributed by atoms with van der Waals surface area (Å²) >= 11 is 6.36. The summed E-state index contributed by atoms with van der Waals surface area (Å²) in [5.41, 5.74) is 1.41. The van der Waals surface area contributed by atoms with Gasteiger partial charge in [-0.05, 0) is 69.2 Å². The molecule has 10 heteroatoms. The number of sulfonamides is 1. The van der Waals surface area contributed by atoms with Gasteiger partial charge in [-0.15, -0.1) is 0 Å². The maximum atomic E-state index is 13.7. The molecular formula is C30H36ClN3O5S. The molecule has 40 heavy (non-hydrogen) atoms. The van der Waals surface area contributed by atoms with E-state index in [4.69, 9.17) is 16.3 Å². The number of hydrogen-bond acceptors (Lipinski definition) is 5. The predicted molar refractivity (Wildman–Crippen MR) is 159 cm³/mol. The standard InChI is InChI=1S/C30H36ClN3O5S/c1-22(29(36)32-30(2,3)4)33(19-24-13-9-10-14-27(24)31)28(35)20-34(40(5,37)38)25-15-17-26(18-16-25)39-21-23-11-7-6-8-12-23/h6-18,22H,19-21H2,1-5H3,(H,32,36)/t22-/m1/s1. The Morgan fingerprint density at radius 1 is 0.950 bits per heavy atom. The Balaban J connectivity index is 1.84. The van der Waals surface area contributed by atoms with Crippen molar-refractivity contribution >= 4 is 39.1 Å². The van der Waals surface area contributed by atoms with Crippen LogP contribution in [0.1, 0.15) is 38.8 Å². The molecule has 0 saturated carbocycles. The van der Waals surface area contributed by atoms with E-state index >= 15 is 0 Å². The smallest absolute Gasteiger partial charge is 0.244 e. The SMILES string of the molecule is C[C@H](C(=O)NC(C)(C)C)N(Cc1ccccc1Cl)C(=O)CN(c1ccc(OCc2ccccc2)cc1)S(C)(=O)=O. The molecule has 0 aliphatic heterocycles. The van der Waals surface area contributed by atoms with E-state index in [0.717, 1.165) is 16.1 Å². The van der Waals surface area contributed by atoms with E-state index in [2.05, 4.69) is 5.32 Å². The third-order valence-electron chi connectivity index (χ3n) is 6.02. The minimum Gasteiger partial charge on any atom is -0.489 e. The van der Waals surface area contributed by atoms with Crippen LogP contribution in [0.4, 0.5) is 5.69 Å². The van der Waals surface area contributed by atoms with Crippen LogP contribution in [0.15, 0.2) is 78.9 Å².